The molecule has 1 aliphatic rings. The molecule has 0 fully saturated rings. The molecule has 1 aromatic rings. The van der Waals surface area contributed by atoms with Crippen LogP contribution in [0.2, 0.25) is 0 Å². The minimum atomic E-state index is 0.325. The zero-order chi connectivity index (χ0) is 14.5. The number of ether oxygens (including phenoxy) is 1. The molecule has 0 spiro atoms. The van der Waals surface area contributed by atoms with Crippen molar-refractivity contribution in [2.75, 3.05) is 13.7 Å². The van der Waals surface area contributed by atoms with E-state index in [0.717, 1.165) is 17.6 Å². The Labute approximate surface area is 125 Å². The van der Waals surface area contributed by atoms with E-state index in [1.54, 1.807) is 7.11 Å². The average molecular weight is 285 g/mol. The summed E-state index contributed by atoms with van der Waals surface area (Å²) in [5, 5.41) is 9.65. The third-order valence-electron chi connectivity index (χ3n) is 3.53. The summed E-state index contributed by atoms with van der Waals surface area (Å²) in [6, 6.07) is 10.5. The number of benzene rings is 1. The molecule has 1 heterocycles. The topological polar surface area (TPSA) is 33.0 Å². The van der Waals surface area contributed by atoms with E-state index in [0.29, 0.717) is 11.9 Å². The quantitative estimate of drug-likeness (QED) is 0.767. The van der Waals surface area contributed by atoms with Gasteiger partial charge in [-0.15, -0.1) is 11.8 Å². The largest absolute Gasteiger partial charge is 0.380 e. The lowest BCUT2D eigenvalue weighted by atomic mass is 10.0. The van der Waals surface area contributed by atoms with Gasteiger partial charge in [-0.3, -0.25) is 0 Å². The molecular formula is C17H19NOS. The van der Waals surface area contributed by atoms with Crippen molar-refractivity contribution in [2.45, 2.75) is 30.4 Å². The normalized spacial score (nSPS) is 18.7. The summed E-state index contributed by atoms with van der Waals surface area (Å²) >= 11 is 1.84. The first kappa shape index (κ1) is 14.9. The van der Waals surface area contributed by atoms with E-state index in [1.165, 1.54) is 16.0 Å². The molecule has 0 N–H and O–H groups in total. The molecule has 0 radical (unpaired) electrons. The fourth-order valence-electron chi connectivity index (χ4n) is 2.28. The highest BCUT2D eigenvalue weighted by Gasteiger charge is 2.20. The Bertz CT molecular complexity index is 595. The Morgan fingerprint density at radius 3 is 2.75 bits per heavy atom. The molecule has 0 amide bonds. The second-order valence-corrected chi connectivity index (χ2v) is 6.32. The van der Waals surface area contributed by atoms with Crippen LogP contribution in [0.3, 0.4) is 0 Å². The van der Waals surface area contributed by atoms with Crippen LogP contribution in [-0.2, 0) is 4.74 Å². The van der Waals surface area contributed by atoms with E-state index in [4.69, 9.17) is 4.74 Å². The van der Waals surface area contributed by atoms with Gasteiger partial charge in [-0.05, 0) is 31.9 Å². The maximum atomic E-state index is 9.32. The highest BCUT2D eigenvalue weighted by Crippen LogP contribution is 2.39. The van der Waals surface area contributed by atoms with Crippen LogP contribution in [0, 0.1) is 11.3 Å². The summed E-state index contributed by atoms with van der Waals surface area (Å²) in [7, 11) is 1.72. The number of fused-ring (bicyclic) bond motifs is 1. The van der Waals surface area contributed by atoms with Gasteiger partial charge in [-0.1, -0.05) is 29.8 Å². The maximum Gasteiger partial charge on any atom is 0.0995 e. The Kier molecular flexibility index (Phi) is 5.05. The van der Waals surface area contributed by atoms with Gasteiger partial charge in [0.25, 0.3) is 0 Å². The van der Waals surface area contributed by atoms with Crippen molar-refractivity contribution in [3.8, 4) is 6.07 Å². The van der Waals surface area contributed by atoms with Gasteiger partial charge >= 0.3 is 0 Å². The molecule has 0 bridgehead atoms. The van der Waals surface area contributed by atoms with Gasteiger partial charge in [0.1, 0.15) is 0 Å². The number of methoxy groups -OCH3 is 1. The fraction of sp³-hybridized carbons (Fsp3) is 0.353. The van der Waals surface area contributed by atoms with Crippen molar-refractivity contribution in [2.24, 2.45) is 0 Å². The number of thioether (sulfide) groups is 1. The number of rotatable bonds is 4. The molecule has 104 valence electrons. The Balaban J connectivity index is 2.22. The first-order valence-electron chi connectivity index (χ1n) is 6.68. The molecule has 1 aliphatic heterocycles. The first-order valence-corrected chi connectivity index (χ1v) is 7.55. The minimum absolute atomic E-state index is 0.325. The Morgan fingerprint density at radius 1 is 1.30 bits per heavy atom. The van der Waals surface area contributed by atoms with Gasteiger partial charge in [-0.25, -0.2) is 0 Å². The highest BCUT2D eigenvalue weighted by atomic mass is 32.2. The monoisotopic (exact) mass is 285 g/mol. The Morgan fingerprint density at radius 2 is 2.05 bits per heavy atom. The maximum absolute atomic E-state index is 9.32. The standard InChI is InChI=1S/C17H19NOS/c1-12(13(2)11-19-3)8-15-9-14(10-18)16-6-4-5-7-17(16)20-15/h4-7,9,15H,8,11H2,1-3H3/b13-12-. The molecule has 2 nitrogen and oxygen atoms in total. The van der Waals surface area contributed by atoms with E-state index >= 15 is 0 Å². The van der Waals surface area contributed by atoms with E-state index in [-0.39, 0.29) is 0 Å². The average Bonchev–Trinajstić information content (AvgIpc) is 2.46. The van der Waals surface area contributed by atoms with Gasteiger partial charge in [-0.2, -0.15) is 5.26 Å². The van der Waals surface area contributed by atoms with E-state index in [1.807, 2.05) is 30.0 Å². The van der Waals surface area contributed by atoms with Crippen molar-refractivity contribution in [3.05, 3.63) is 47.1 Å². The van der Waals surface area contributed by atoms with E-state index in [9.17, 15) is 5.26 Å². The first-order chi connectivity index (χ1) is 9.65. The molecule has 1 unspecified atom stereocenters. The van der Waals surface area contributed by atoms with Crippen molar-refractivity contribution < 1.29 is 4.74 Å². The van der Waals surface area contributed by atoms with Crippen molar-refractivity contribution >= 4 is 17.3 Å². The second kappa shape index (κ2) is 6.78. The Hall–Kier alpha value is -1.50. The summed E-state index contributed by atoms with van der Waals surface area (Å²) in [5.74, 6) is 0. The van der Waals surface area contributed by atoms with Crippen molar-refractivity contribution in [1.29, 1.82) is 5.26 Å². The predicted octanol–water partition coefficient (Wildman–Crippen LogP) is 4.44. The van der Waals surface area contributed by atoms with Crippen LogP contribution < -0.4 is 0 Å². The molecule has 0 saturated heterocycles. The van der Waals surface area contributed by atoms with Crippen LogP contribution in [0.15, 0.2) is 46.4 Å². The predicted molar refractivity (Wildman–Crippen MR) is 84.5 cm³/mol. The highest BCUT2D eigenvalue weighted by molar-refractivity contribution is 8.00. The number of nitriles is 1. The molecule has 3 heteroatoms. The lowest BCUT2D eigenvalue weighted by Gasteiger charge is -2.21. The fourth-order valence-corrected chi connectivity index (χ4v) is 3.60. The summed E-state index contributed by atoms with van der Waals surface area (Å²) in [6.45, 7) is 4.93. The van der Waals surface area contributed by atoms with E-state index in [2.05, 4.69) is 32.1 Å². The molecule has 2 rings (SSSR count). The lowest BCUT2D eigenvalue weighted by Crippen LogP contribution is -2.08. The molecule has 1 atom stereocenters. The van der Waals surface area contributed by atoms with Gasteiger partial charge in [0, 0.05) is 22.8 Å². The summed E-state index contributed by atoms with van der Waals surface area (Å²) < 4.78 is 5.18. The zero-order valence-corrected chi connectivity index (χ0v) is 13.0. The second-order valence-electron chi connectivity index (χ2n) is 5.04. The molecular weight excluding hydrogens is 266 g/mol. The number of nitrogens with zero attached hydrogens (tertiary/aromatic N) is 1. The number of hydrogen-bond acceptors (Lipinski definition) is 3. The zero-order valence-electron chi connectivity index (χ0n) is 12.1. The SMILES string of the molecule is COC/C(C)=C(/C)CC1C=C(C#N)c2ccccc2S1. The molecule has 0 saturated carbocycles. The molecule has 0 aliphatic carbocycles. The van der Waals surface area contributed by atoms with Crippen LogP contribution in [0.4, 0.5) is 0 Å². The smallest absolute Gasteiger partial charge is 0.0995 e. The van der Waals surface area contributed by atoms with Crippen molar-refractivity contribution in [1.82, 2.24) is 0 Å². The van der Waals surface area contributed by atoms with Crippen molar-refractivity contribution in [3.63, 3.8) is 0 Å². The van der Waals surface area contributed by atoms with Crippen LogP contribution in [0.5, 0.6) is 0 Å². The summed E-state index contributed by atoms with van der Waals surface area (Å²) in [4.78, 5) is 1.20. The van der Waals surface area contributed by atoms with Crippen LogP contribution >= 0.6 is 11.8 Å². The van der Waals surface area contributed by atoms with Crippen LogP contribution in [0.25, 0.3) is 5.57 Å². The lowest BCUT2D eigenvalue weighted by molar-refractivity contribution is 0.225. The third-order valence-corrected chi connectivity index (χ3v) is 4.74. The molecule has 0 aromatic heterocycles. The number of allylic oxidation sites excluding steroid dienone is 2. The van der Waals surface area contributed by atoms with Gasteiger partial charge in [0.05, 0.1) is 18.2 Å². The molecule has 20 heavy (non-hydrogen) atoms. The minimum Gasteiger partial charge on any atom is -0.380 e. The van der Waals surface area contributed by atoms with Gasteiger partial charge < -0.3 is 4.74 Å². The van der Waals surface area contributed by atoms with Gasteiger partial charge in [0.2, 0.25) is 0 Å². The number of hydrogen-bond donors (Lipinski definition) is 0. The van der Waals surface area contributed by atoms with Crippen LogP contribution in [0.1, 0.15) is 25.8 Å². The summed E-state index contributed by atoms with van der Waals surface area (Å²) in [6.07, 6.45) is 3.05. The molecule has 1 aromatic carbocycles. The van der Waals surface area contributed by atoms with Gasteiger partial charge in [0.15, 0.2) is 0 Å². The van der Waals surface area contributed by atoms with Crippen LogP contribution in [-0.4, -0.2) is 19.0 Å². The summed E-state index contributed by atoms with van der Waals surface area (Å²) in [5.41, 5.74) is 4.48. The third kappa shape index (κ3) is 3.33. The van der Waals surface area contributed by atoms with E-state index < -0.39 is 0 Å².